The van der Waals surface area contributed by atoms with E-state index in [9.17, 15) is 8.42 Å². The minimum Gasteiger partial charge on any atom is -0.487 e. The Hall–Kier alpha value is -1.41. The molecule has 2 heterocycles. The van der Waals surface area contributed by atoms with Crippen molar-refractivity contribution in [3.63, 3.8) is 0 Å². The molecule has 3 unspecified atom stereocenters. The second-order valence-corrected chi connectivity index (χ2v) is 8.16. The van der Waals surface area contributed by atoms with Gasteiger partial charge >= 0.3 is 0 Å². The van der Waals surface area contributed by atoms with Gasteiger partial charge in [0.2, 0.25) is 10.0 Å². The zero-order valence-electron chi connectivity index (χ0n) is 12.8. The standard InChI is InChI=1S/C16H21N3O3S/c20-23(21,12-8-11-4-1-2-7-16(11)22-10-12)19-15-6-3-5-14-13(15)9-17-18-14/h1-2,4,7-8,13-15,17-19H,3,5-6,9-10H2. The van der Waals surface area contributed by atoms with Crippen LogP contribution in [0.25, 0.3) is 6.08 Å². The molecule has 2 aliphatic heterocycles. The quantitative estimate of drug-likeness (QED) is 0.767. The number of hydrazine groups is 1. The van der Waals surface area contributed by atoms with E-state index in [1.807, 2.05) is 24.3 Å². The molecule has 23 heavy (non-hydrogen) atoms. The van der Waals surface area contributed by atoms with Crippen molar-refractivity contribution in [3.8, 4) is 5.75 Å². The van der Waals surface area contributed by atoms with E-state index in [1.165, 1.54) is 0 Å². The topological polar surface area (TPSA) is 79.5 Å². The third-order valence-electron chi connectivity index (χ3n) is 4.95. The molecule has 0 radical (unpaired) electrons. The summed E-state index contributed by atoms with van der Waals surface area (Å²) < 4.78 is 34.0. The van der Waals surface area contributed by atoms with Crippen molar-refractivity contribution in [1.82, 2.24) is 15.6 Å². The molecular formula is C16H21N3O3S. The predicted octanol–water partition coefficient (Wildman–Crippen LogP) is 0.984. The molecule has 0 amide bonds. The molecule has 1 aliphatic carbocycles. The number of hydrogen-bond acceptors (Lipinski definition) is 5. The second kappa shape index (κ2) is 5.90. The maximum atomic E-state index is 12.8. The van der Waals surface area contributed by atoms with Crippen LogP contribution in [0, 0.1) is 5.92 Å². The predicted molar refractivity (Wildman–Crippen MR) is 88.0 cm³/mol. The first kappa shape index (κ1) is 15.1. The molecule has 6 nitrogen and oxygen atoms in total. The van der Waals surface area contributed by atoms with Gasteiger partial charge in [0.05, 0.1) is 4.91 Å². The van der Waals surface area contributed by atoms with Crippen LogP contribution in [0.4, 0.5) is 0 Å². The molecule has 2 fully saturated rings. The van der Waals surface area contributed by atoms with E-state index >= 15 is 0 Å². The highest BCUT2D eigenvalue weighted by atomic mass is 32.2. The SMILES string of the molecule is O=S(=O)(NC1CCCC2NNCC21)C1=Cc2ccccc2OC1. The molecule has 3 aliphatic rings. The molecule has 1 saturated heterocycles. The van der Waals surface area contributed by atoms with E-state index < -0.39 is 10.0 Å². The third kappa shape index (κ3) is 2.89. The van der Waals surface area contributed by atoms with Gasteiger partial charge in [-0.05, 0) is 25.0 Å². The Labute approximate surface area is 136 Å². The molecule has 4 rings (SSSR count). The van der Waals surface area contributed by atoms with Gasteiger partial charge in [0.1, 0.15) is 12.4 Å². The van der Waals surface area contributed by atoms with Gasteiger partial charge in [0.15, 0.2) is 0 Å². The minimum absolute atomic E-state index is 0.0284. The largest absolute Gasteiger partial charge is 0.487 e. The summed E-state index contributed by atoms with van der Waals surface area (Å²) in [5.41, 5.74) is 7.20. The zero-order chi connectivity index (χ0) is 15.9. The van der Waals surface area contributed by atoms with Crippen molar-refractivity contribution in [2.45, 2.75) is 31.3 Å². The number of sulfonamides is 1. The van der Waals surface area contributed by atoms with E-state index in [1.54, 1.807) is 6.08 Å². The van der Waals surface area contributed by atoms with E-state index in [0.717, 1.165) is 37.1 Å². The number of benzene rings is 1. The van der Waals surface area contributed by atoms with Crippen molar-refractivity contribution >= 4 is 16.1 Å². The molecule has 1 saturated carbocycles. The van der Waals surface area contributed by atoms with Crippen molar-refractivity contribution in [1.29, 1.82) is 0 Å². The minimum atomic E-state index is -3.53. The smallest absolute Gasteiger partial charge is 0.240 e. The first-order valence-electron chi connectivity index (χ1n) is 8.06. The Bertz CT molecular complexity index is 732. The van der Waals surface area contributed by atoms with Gasteiger partial charge in [-0.3, -0.25) is 10.9 Å². The summed E-state index contributed by atoms with van der Waals surface area (Å²) in [6.07, 6.45) is 4.72. The maximum absolute atomic E-state index is 12.8. The van der Waals surface area contributed by atoms with E-state index in [4.69, 9.17) is 4.74 Å². The Morgan fingerprint density at radius 3 is 3.00 bits per heavy atom. The number of rotatable bonds is 3. The molecule has 1 aromatic rings. The number of hydrogen-bond donors (Lipinski definition) is 3. The molecule has 0 spiro atoms. The van der Waals surface area contributed by atoms with Crippen LogP contribution in [-0.2, 0) is 10.0 Å². The van der Waals surface area contributed by atoms with Crippen LogP contribution in [0.2, 0.25) is 0 Å². The Morgan fingerprint density at radius 1 is 1.22 bits per heavy atom. The van der Waals surface area contributed by atoms with Gasteiger partial charge < -0.3 is 4.74 Å². The van der Waals surface area contributed by atoms with Crippen molar-refractivity contribution in [3.05, 3.63) is 34.7 Å². The molecular weight excluding hydrogens is 314 g/mol. The normalized spacial score (nSPS) is 30.1. The third-order valence-corrected chi connectivity index (χ3v) is 6.49. The fourth-order valence-electron chi connectivity index (χ4n) is 3.71. The van der Waals surface area contributed by atoms with Gasteiger partial charge in [-0.2, -0.15) is 0 Å². The Balaban J connectivity index is 1.55. The van der Waals surface area contributed by atoms with Crippen molar-refractivity contribution in [2.24, 2.45) is 5.92 Å². The lowest BCUT2D eigenvalue weighted by Gasteiger charge is -2.33. The highest BCUT2D eigenvalue weighted by molar-refractivity contribution is 7.93. The fourth-order valence-corrected chi connectivity index (χ4v) is 5.05. The van der Waals surface area contributed by atoms with Crippen LogP contribution in [0.5, 0.6) is 5.75 Å². The highest BCUT2D eigenvalue weighted by Crippen LogP contribution is 2.30. The number of ether oxygens (including phenoxy) is 1. The zero-order valence-corrected chi connectivity index (χ0v) is 13.6. The Morgan fingerprint density at radius 2 is 2.09 bits per heavy atom. The summed E-state index contributed by atoms with van der Waals surface area (Å²) in [7, 11) is -3.53. The summed E-state index contributed by atoms with van der Waals surface area (Å²) in [4.78, 5) is 0.303. The van der Waals surface area contributed by atoms with Crippen LogP contribution in [0.15, 0.2) is 29.2 Å². The summed E-state index contributed by atoms with van der Waals surface area (Å²) in [5.74, 6) is 1.03. The molecule has 0 bridgehead atoms. The van der Waals surface area contributed by atoms with Crippen LogP contribution in [0.1, 0.15) is 24.8 Å². The van der Waals surface area contributed by atoms with E-state index in [2.05, 4.69) is 15.6 Å². The van der Waals surface area contributed by atoms with Crippen molar-refractivity contribution in [2.75, 3.05) is 13.2 Å². The molecule has 3 N–H and O–H groups in total. The summed E-state index contributed by atoms with van der Waals surface area (Å²) >= 11 is 0. The molecule has 3 atom stereocenters. The number of nitrogens with one attached hydrogen (secondary N) is 3. The van der Waals surface area contributed by atoms with Gasteiger partial charge in [-0.1, -0.05) is 24.6 Å². The Kier molecular flexibility index (Phi) is 3.88. The van der Waals surface area contributed by atoms with Crippen LogP contribution in [-0.4, -0.2) is 33.7 Å². The summed E-state index contributed by atoms with van der Waals surface area (Å²) in [6.45, 7) is 0.889. The average Bonchev–Trinajstić information content (AvgIpc) is 3.04. The monoisotopic (exact) mass is 335 g/mol. The summed E-state index contributed by atoms with van der Waals surface area (Å²) in [5, 5.41) is 0. The number of fused-ring (bicyclic) bond motifs is 2. The van der Waals surface area contributed by atoms with Gasteiger partial charge in [0, 0.05) is 30.1 Å². The first-order valence-corrected chi connectivity index (χ1v) is 9.55. The van der Waals surface area contributed by atoms with Gasteiger partial charge in [-0.15, -0.1) is 0 Å². The molecule has 1 aromatic carbocycles. The van der Waals surface area contributed by atoms with Gasteiger partial charge in [-0.25, -0.2) is 13.1 Å². The van der Waals surface area contributed by atoms with E-state index in [-0.39, 0.29) is 12.6 Å². The molecule has 7 heteroatoms. The number of para-hydroxylation sites is 1. The van der Waals surface area contributed by atoms with Crippen molar-refractivity contribution < 1.29 is 13.2 Å². The maximum Gasteiger partial charge on any atom is 0.240 e. The van der Waals surface area contributed by atoms with E-state index in [0.29, 0.717) is 16.9 Å². The lowest BCUT2D eigenvalue weighted by Crippen LogP contribution is -2.48. The molecule has 124 valence electrons. The van der Waals surface area contributed by atoms with Crippen LogP contribution in [0.3, 0.4) is 0 Å². The molecule has 0 aromatic heterocycles. The highest BCUT2D eigenvalue weighted by Gasteiger charge is 2.39. The summed E-state index contributed by atoms with van der Waals surface area (Å²) in [6, 6.07) is 7.80. The second-order valence-electron chi connectivity index (χ2n) is 6.39. The fraction of sp³-hybridized carbons (Fsp3) is 0.500. The average molecular weight is 335 g/mol. The first-order chi connectivity index (χ1) is 11.1. The lowest BCUT2D eigenvalue weighted by atomic mass is 9.82. The lowest BCUT2D eigenvalue weighted by molar-refractivity contribution is 0.276. The van der Waals surface area contributed by atoms with Gasteiger partial charge in [0.25, 0.3) is 0 Å². The van der Waals surface area contributed by atoms with Crippen LogP contribution >= 0.6 is 0 Å². The van der Waals surface area contributed by atoms with Crippen LogP contribution < -0.4 is 20.3 Å².